The number of pyridine rings is 1. The third-order valence-corrected chi connectivity index (χ3v) is 3.79. The minimum absolute atomic E-state index is 0.0761. The molecule has 0 saturated heterocycles. The van der Waals surface area contributed by atoms with Crippen LogP contribution < -0.4 is 0 Å². The second kappa shape index (κ2) is 4.56. The molecule has 0 bridgehead atoms. The lowest BCUT2D eigenvalue weighted by molar-refractivity contribution is 0.111. The van der Waals surface area contributed by atoms with Gasteiger partial charge in [0.1, 0.15) is 11.3 Å². The van der Waals surface area contributed by atoms with Gasteiger partial charge in [0.15, 0.2) is 6.29 Å². The van der Waals surface area contributed by atoms with E-state index in [0.29, 0.717) is 5.69 Å². The van der Waals surface area contributed by atoms with Crippen molar-refractivity contribution in [3.05, 3.63) is 35.3 Å². The number of carbonyl (C=O) groups is 1. The van der Waals surface area contributed by atoms with Crippen molar-refractivity contribution in [3.63, 3.8) is 0 Å². The molecule has 0 atom stereocenters. The standard InChI is InChI=1S/C15H20N2O/c1-5-11-8-7-9-17-12(10-18)13(16-14(11)17)15(3,4)6-2/h7-10H,5-6H2,1-4H3. The predicted octanol–water partition coefficient (Wildman–Crippen LogP) is 3.40. The number of aldehydes is 1. The van der Waals surface area contributed by atoms with Crippen LogP contribution in [0.4, 0.5) is 0 Å². The van der Waals surface area contributed by atoms with Crippen molar-refractivity contribution in [3.8, 4) is 0 Å². The van der Waals surface area contributed by atoms with E-state index in [1.54, 1.807) is 0 Å². The Labute approximate surface area is 108 Å². The number of hydrogen-bond donors (Lipinski definition) is 0. The molecule has 18 heavy (non-hydrogen) atoms. The Bertz CT molecular complexity index is 581. The van der Waals surface area contributed by atoms with Gasteiger partial charge in [0.05, 0.1) is 5.69 Å². The fourth-order valence-electron chi connectivity index (χ4n) is 2.20. The van der Waals surface area contributed by atoms with E-state index >= 15 is 0 Å². The average Bonchev–Trinajstić information content (AvgIpc) is 2.77. The van der Waals surface area contributed by atoms with E-state index in [4.69, 9.17) is 4.98 Å². The van der Waals surface area contributed by atoms with E-state index in [2.05, 4.69) is 33.8 Å². The van der Waals surface area contributed by atoms with Crippen molar-refractivity contribution < 1.29 is 4.79 Å². The van der Waals surface area contributed by atoms with Gasteiger partial charge in [0, 0.05) is 11.6 Å². The first-order chi connectivity index (χ1) is 8.55. The molecule has 0 spiro atoms. The van der Waals surface area contributed by atoms with E-state index in [-0.39, 0.29) is 5.41 Å². The van der Waals surface area contributed by atoms with Crippen LogP contribution in [0, 0.1) is 0 Å². The third-order valence-electron chi connectivity index (χ3n) is 3.79. The van der Waals surface area contributed by atoms with Crippen molar-refractivity contribution in [2.75, 3.05) is 0 Å². The van der Waals surface area contributed by atoms with E-state index < -0.39 is 0 Å². The summed E-state index contributed by atoms with van der Waals surface area (Å²) < 4.78 is 1.92. The van der Waals surface area contributed by atoms with Gasteiger partial charge in [-0.15, -0.1) is 0 Å². The van der Waals surface area contributed by atoms with Gasteiger partial charge in [0.2, 0.25) is 0 Å². The molecule has 2 rings (SSSR count). The zero-order valence-electron chi connectivity index (χ0n) is 11.5. The van der Waals surface area contributed by atoms with Gasteiger partial charge in [-0.05, 0) is 24.5 Å². The molecule has 0 radical (unpaired) electrons. The van der Waals surface area contributed by atoms with Crippen molar-refractivity contribution >= 4 is 11.9 Å². The summed E-state index contributed by atoms with van der Waals surface area (Å²) in [6.45, 7) is 8.50. The van der Waals surface area contributed by atoms with E-state index in [0.717, 1.165) is 30.5 Å². The summed E-state index contributed by atoms with van der Waals surface area (Å²) >= 11 is 0. The molecule has 96 valence electrons. The van der Waals surface area contributed by atoms with Crippen molar-refractivity contribution in [1.82, 2.24) is 9.38 Å². The van der Waals surface area contributed by atoms with Gasteiger partial charge in [-0.25, -0.2) is 4.98 Å². The zero-order valence-corrected chi connectivity index (χ0v) is 11.5. The van der Waals surface area contributed by atoms with Crippen LogP contribution in [-0.4, -0.2) is 15.7 Å². The molecule has 0 saturated carbocycles. The van der Waals surface area contributed by atoms with Crippen LogP contribution >= 0.6 is 0 Å². The maximum atomic E-state index is 11.4. The number of rotatable bonds is 4. The predicted molar refractivity (Wildman–Crippen MR) is 73.3 cm³/mol. The summed E-state index contributed by atoms with van der Waals surface area (Å²) in [5, 5.41) is 0. The number of fused-ring (bicyclic) bond motifs is 1. The van der Waals surface area contributed by atoms with E-state index in [1.165, 1.54) is 5.56 Å². The summed E-state index contributed by atoms with van der Waals surface area (Å²) in [5.74, 6) is 0. The van der Waals surface area contributed by atoms with Gasteiger partial charge >= 0.3 is 0 Å². The number of aromatic nitrogens is 2. The fourth-order valence-corrected chi connectivity index (χ4v) is 2.20. The van der Waals surface area contributed by atoms with Gasteiger partial charge in [-0.1, -0.05) is 33.8 Å². The van der Waals surface area contributed by atoms with Crippen LogP contribution in [-0.2, 0) is 11.8 Å². The summed E-state index contributed by atoms with van der Waals surface area (Å²) in [4.78, 5) is 16.1. The fraction of sp³-hybridized carbons (Fsp3) is 0.467. The zero-order chi connectivity index (χ0) is 13.3. The van der Waals surface area contributed by atoms with Gasteiger partial charge in [-0.2, -0.15) is 0 Å². The minimum atomic E-state index is -0.0761. The highest BCUT2D eigenvalue weighted by Crippen LogP contribution is 2.29. The molecule has 0 aromatic carbocycles. The highest BCUT2D eigenvalue weighted by Gasteiger charge is 2.26. The molecule has 0 aliphatic rings. The minimum Gasteiger partial charge on any atom is -0.297 e. The molecule has 2 aromatic heterocycles. The second-order valence-electron chi connectivity index (χ2n) is 5.28. The van der Waals surface area contributed by atoms with Crippen molar-refractivity contribution in [2.45, 2.75) is 46.0 Å². The Kier molecular flexibility index (Phi) is 3.24. The lowest BCUT2D eigenvalue weighted by atomic mass is 9.85. The summed E-state index contributed by atoms with van der Waals surface area (Å²) in [5.41, 5.74) is 3.61. The second-order valence-corrected chi connectivity index (χ2v) is 5.28. The molecule has 2 aromatic rings. The lowest BCUT2D eigenvalue weighted by Crippen LogP contribution is -2.18. The highest BCUT2D eigenvalue weighted by molar-refractivity contribution is 5.77. The molecule has 0 aliphatic carbocycles. The van der Waals surface area contributed by atoms with Crippen LogP contribution in [0.5, 0.6) is 0 Å². The molecule has 0 unspecified atom stereocenters. The molecular weight excluding hydrogens is 224 g/mol. The third kappa shape index (κ3) is 1.84. The molecule has 0 aliphatic heterocycles. The summed E-state index contributed by atoms with van der Waals surface area (Å²) in [7, 11) is 0. The Balaban J connectivity index is 2.80. The van der Waals surface area contributed by atoms with Gasteiger partial charge in [0.25, 0.3) is 0 Å². The molecule has 0 fully saturated rings. The Hall–Kier alpha value is -1.64. The maximum Gasteiger partial charge on any atom is 0.168 e. The normalized spacial score (nSPS) is 12.0. The van der Waals surface area contributed by atoms with Gasteiger partial charge < -0.3 is 0 Å². The average molecular weight is 244 g/mol. The molecule has 3 nitrogen and oxygen atoms in total. The molecule has 0 N–H and O–H groups in total. The first-order valence-electron chi connectivity index (χ1n) is 6.50. The number of aryl methyl sites for hydroxylation is 1. The first kappa shape index (κ1) is 12.8. The lowest BCUT2D eigenvalue weighted by Gasteiger charge is -2.20. The molecule has 3 heteroatoms. The monoisotopic (exact) mass is 244 g/mol. The highest BCUT2D eigenvalue weighted by atomic mass is 16.1. The molecular formula is C15H20N2O. The SMILES string of the molecule is CCc1cccn2c(C=O)c(C(C)(C)CC)nc12. The quantitative estimate of drug-likeness (QED) is 0.772. The summed E-state index contributed by atoms with van der Waals surface area (Å²) in [6, 6.07) is 4.04. The van der Waals surface area contributed by atoms with Crippen molar-refractivity contribution in [1.29, 1.82) is 0 Å². The summed E-state index contributed by atoms with van der Waals surface area (Å²) in [6.07, 6.45) is 4.72. The van der Waals surface area contributed by atoms with Crippen LogP contribution in [0.2, 0.25) is 0 Å². The number of nitrogens with zero attached hydrogens (tertiary/aromatic N) is 2. The first-order valence-corrected chi connectivity index (χ1v) is 6.50. The molecule has 0 amide bonds. The maximum absolute atomic E-state index is 11.4. The van der Waals surface area contributed by atoms with E-state index in [1.807, 2.05) is 16.7 Å². The smallest absolute Gasteiger partial charge is 0.168 e. The van der Waals surface area contributed by atoms with Crippen LogP contribution in [0.1, 0.15) is 55.9 Å². The van der Waals surface area contributed by atoms with Crippen LogP contribution in [0.3, 0.4) is 0 Å². The Morgan fingerprint density at radius 3 is 2.67 bits per heavy atom. The largest absolute Gasteiger partial charge is 0.297 e. The number of carbonyl (C=O) groups excluding carboxylic acids is 1. The van der Waals surface area contributed by atoms with Gasteiger partial charge in [-0.3, -0.25) is 9.20 Å². The number of imidazole rings is 1. The topological polar surface area (TPSA) is 34.4 Å². The van der Waals surface area contributed by atoms with Crippen molar-refractivity contribution in [2.24, 2.45) is 0 Å². The van der Waals surface area contributed by atoms with Crippen LogP contribution in [0.15, 0.2) is 18.3 Å². The molecule has 2 heterocycles. The van der Waals surface area contributed by atoms with E-state index in [9.17, 15) is 4.79 Å². The Morgan fingerprint density at radius 2 is 2.11 bits per heavy atom. The van der Waals surface area contributed by atoms with Crippen LogP contribution in [0.25, 0.3) is 5.65 Å². The number of hydrogen-bond acceptors (Lipinski definition) is 2. The Morgan fingerprint density at radius 1 is 1.39 bits per heavy atom.